The molecule has 1 aromatic carbocycles. The van der Waals surface area contributed by atoms with E-state index < -0.39 is 11.8 Å². The minimum Gasteiger partial charge on any atom is -0.381 e. The lowest BCUT2D eigenvalue weighted by Gasteiger charge is -2.30. The zero-order valence-corrected chi connectivity index (χ0v) is 15.7. The van der Waals surface area contributed by atoms with Crippen LogP contribution in [0.3, 0.4) is 0 Å². The lowest BCUT2D eigenvalue weighted by molar-refractivity contribution is -0.136. The second-order valence-corrected chi connectivity index (χ2v) is 7.45. The first-order chi connectivity index (χ1) is 13.0. The molecule has 7 nitrogen and oxygen atoms in total. The van der Waals surface area contributed by atoms with Gasteiger partial charge in [-0.15, -0.1) is 0 Å². The maximum atomic E-state index is 12.5. The molecule has 3 amide bonds. The Morgan fingerprint density at radius 2 is 1.78 bits per heavy atom. The first-order valence-corrected chi connectivity index (χ1v) is 9.59. The molecule has 2 fully saturated rings. The van der Waals surface area contributed by atoms with Crippen LogP contribution in [-0.4, -0.2) is 55.5 Å². The predicted molar refractivity (Wildman–Crippen MR) is 101 cm³/mol. The highest BCUT2D eigenvalue weighted by Crippen LogP contribution is 2.19. The van der Waals surface area contributed by atoms with Gasteiger partial charge in [0.05, 0.1) is 6.61 Å². The summed E-state index contributed by atoms with van der Waals surface area (Å²) in [6.07, 6.45) is 2.96. The number of nitrogens with zero attached hydrogens (tertiary/aromatic N) is 1. The molecule has 3 rings (SSSR count). The van der Waals surface area contributed by atoms with Crippen molar-refractivity contribution in [3.8, 4) is 0 Å². The highest BCUT2D eigenvalue weighted by Gasteiger charge is 2.22. The molecule has 2 saturated heterocycles. The molecule has 0 aliphatic carbocycles. The SMILES string of the molecule is CC1CCN(C(=O)c2ccc(NC(=O)C(=O)NCC3CCOC3)cc2)CC1. The number of rotatable bonds is 4. The van der Waals surface area contributed by atoms with E-state index in [4.69, 9.17) is 4.74 Å². The number of amides is 3. The summed E-state index contributed by atoms with van der Waals surface area (Å²) in [4.78, 5) is 38.3. The molecular formula is C20H27N3O4. The van der Waals surface area contributed by atoms with Crippen molar-refractivity contribution < 1.29 is 19.1 Å². The molecule has 0 bridgehead atoms. The van der Waals surface area contributed by atoms with Crippen LogP contribution in [0.4, 0.5) is 5.69 Å². The summed E-state index contributed by atoms with van der Waals surface area (Å²) in [5, 5.41) is 5.19. The Hall–Kier alpha value is -2.41. The quantitative estimate of drug-likeness (QED) is 0.786. The third-order valence-corrected chi connectivity index (χ3v) is 5.24. The van der Waals surface area contributed by atoms with Crippen LogP contribution in [0.1, 0.15) is 36.5 Å². The molecule has 27 heavy (non-hydrogen) atoms. The van der Waals surface area contributed by atoms with Crippen molar-refractivity contribution in [1.29, 1.82) is 0 Å². The van der Waals surface area contributed by atoms with Crippen LogP contribution in [0.15, 0.2) is 24.3 Å². The van der Waals surface area contributed by atoms with Crippen molar-refractivity contribution in [2.75, 3.05) is 38.2 Å². The normalized spacial score (nSPS) is 20.3. The minimum atomic E-state index is -0.710. The smallest absolute Gasteiger partial charge is 0.313 e. The summed E-state index contributed by atoms with van der Waals surface area (Å²) < 4.78 is 5.24. The molecule has 1 aromatic rings. The molecule has 0 aromatic heterocycles. The van der Waals surface area contributed by atoms with Crippen molar-refractivity contribution in [2.24, 2.45) is 11.8 Å². The zero-order valence-electron chi connectivity index (χ0n) is 15.7. The highest BCUT2D eigenvalue weighted by atomic mass is 16.5. The predicted octanol–water partition coefficient (Wildman–Crippen LogP) is 1.65. The van der Waals surface area contributed by atoms with Gasteiger partial charge in [-0.2, -0.15) is 0 Å². The van der Waals surface area contributed by atoms with Crippen LogP contribution in [-0.2, 0) is 14.3 Å². The first-order valence-electron chi connectivity index (χ1n) is 9.59. The molecule has 2 heterocycles. The van der Waals surface area contributed by atoms with Crippen molar-refractivity contribution in [3.63, 3.8) is 0 Å². The Morgan fingerprint density at radius 3 is 2.41 bits per heavy atom. The van der Waals surface area contributed by atoms with E-state index >= 15 is 0 Å². The van der Waals surface area contributed by atoms with Gasteiger partial charge in [-0.3, -0.25) is 14.4 Å². The molecule has 2 N–H and O–H groups in total. The lowest BCUT2D eigenvalue weighted by Crippen LogP contribution is -2.38. The fourth-order valence-electron chi connectivity index (χ4n) is 3.34. The van der Waals surface area contributed by atoms with Gasteiger partial charge in [0.2, 0.25) is 0 Å². The number of carbonyl (C=O) groups is 3. The standard InChI is InChI=1S/C20H27N3O4/c1-14-6-9-23(10-7-14)20(26)16-2-4-17(5-3-16)22-19(25)18(24)21-12-15-8-11-27-13-15/h2-5,14-15H,6-13H2,1H3,(H,21,24)(H,22,25). The summed E-state index contributed by atoms with van der Waals surface area (Å²) in [6.45, 7) is 5.53. The Morgan fingerprint density at radius 1 is 1.07 bits per heavy atom. The molecule has 0 spiro atoms. The van der Waals surface area contributed by atoms with E-state index in [1.54, 1.807) is 24.3 Å². The van der Waals surface area contributed by atoms with Gasteiger partial charge >= 0.3 is 11.8 Å². The summed E-state index contributed by atoms with van der Waals surface area (Å²) >= 11 is 0. The Bertz CT molecular complexity index is 675. The number of nitrogens with one attached hydrogen (secondary N) is 2. The van der Waals surface area contributed by atoms with Gasteiger partial charge in [0.1, 0.15) is 0 Å². The van der Waals surface area contributed by atoms with Crippen LogP contribution in [0, 0.1) is 11.8 Å². The van der Waals surface area contributed by atoms with Gasteiger partial charge in [0.15, 0.2) is 0 Å². The summed E-state index contributed by atoms with van der Waals surface area (Å²) in [7, 11) is 0. The number of ether oxygens (including phenoxy) is 1. The van der Waals surface area contributed by atoms with Gasteiger partial charge in [-0.05, 0) is 49.4 Å². The fourth-order valence-corrected chi connectivity index (χ4v) is 3.34. The highest BCUT2D eigenvalue weighted by molar-refractivity contribution is 6.39. The van der Waals surface area contributed by atoms with Crippen LogP contribution >= 0.6 is 0 Å². The third kappa shape index (κ3) is 5.29. The number of benzene rings is 1. The summed E-state index contributed by atoms with van der Waals surface area (Å²) in [6, 6.07) is 6.67. The van der Waals surface area contributed by atoms with Gasteiger partial charge in [-0.25, -0.2) is 0 Å². The van der Waals surface area contributed by atoms with Crippen molar-refractivity contribution >= 4 is 23.4 Å². The summed E-state index contributed by atoms with van der Waals surface area (Å²) in [5.74, 6) is -0.428. The zero-order chi connectivity index (χ0) is 19.2. The Labute approximate surface area is 159 Å². The first kappa shape index (κ1) is 19.4. The summed E-state index contributed by atoms with van der Waals surface area (Å²) in [5.41, 5.74) is 1.08. The topological polar surface area (TPSA) is 87.7 Å². The van der Waals surface area contributed by atoms with E-state index in [9.17, 15) is 14.4 Å². The van der Waals surface area contributed by atoms with Crippen LogP contribution in [0.5, 0.6) is 0 Å². The van der Waals surface area contributed by atoms with E-state index in [-0.39, 0.29) is 11.8 Å². The van der Waals surface area contributed by atoms with Gasteiger partial charge in [-0.1, -0.05) is 6.92 Å². The number of piperidine rings is 1. The number of likely N-dealkylation sites (tertiary alicyclic amines) is 1. The Kier molecular flexibility index (Phi) is 6.45. The number of anilines is 1. The second-order valence-electron chi connectivity index (χ2n) is 7.45. The number of hydrogen-bond donors (Lipinski definition) is 2. The maximum absolute atomic E-state index is 12.5. The van der Waals surface area contributed by atoms with Gasteiger partial charge in [0, 0.05) is 43.4 Å². The average molecular weight is 373 g/mol. The molecule has 7 heteroatoms. The Balaban J connectivity index is 1.48. The molecular weight excluding hydrogens is 346 g/mol. The molecule has 2 aliphatic rings. The van der Waals surface area contributed by atoms with E-state index in [0.717, 1.165) is 32.4 Å². The van der Waals surface area contributed by atoms with Gasteiger partial charge in [0.25, 0.3) is 5.91 Å². The average Bonchev–Trinajstić information content (AvgIpc) is 3.20. The van der Waals surface area contributed by atoms with Gasteiger partial charge < -0.3 is 20.3 Å². The molecule has 1 unspecified atom stereocenters. The second kappa shape index (κ2) is 8.99. The van der Waals surface area contributed by atoms with E-state index in [1.165, 1.54) is 0 Å². The molecule has 2 aliphatic heterocycles. The molecule has 1 atom stereocenters. The molecule has 146 valence electrons. The third-order valence-electron chi connectivity index (χ3n) is 5.24. The van der Waals surface area contributed by atoms with Crippen molar-refractivity contribution in [1.82, 2.24) is 10.2 Å². The monoisotopic (exact) mass is 373 g/mol. The molecule has 0 radical (unpaired) electrons. The van der Waals surface area contributed by atoms with Crippen LogP contribution in [0.25, 0.3) is 0 Å². The largest absolute Gasteiger partial charge is 0.381 e. The van der Waals surface area contributed by atoms with Crippen LogP contribution < -0.4 is 10.6 Å². The lowest BCUT2D eigenvalue weighted by atomic mass is 9.98. The minimum absolute atomic E-state index is 0.0105. The maximum Gasteiger partial charge on any atom is 0.313 e. The number of hydrogen-bond acceptors (Lipinski definition) is 4. The number of carbonyl (C=O) groups excluding carboxylic acids is 3. The van der Waals surface area contributed by atoms with E-state index in [0.29, 0.717) is 36.9 Å². The van der Waals surface area contributed by atoms with E-state index in [2.05, 4.69) is 17.6 Å². The van der Waals surface area contributed by atoms with Crippen molar-refractivity contribution in [2.45, 2.75) is 26.2 Å². The molecule has 0 saturated carbocycles. The van der Waals surface area contributed by atoms with E-state index in [1.807, 2.05) is 4.90 Å². The fraction of sp³-hybridized carbons (Fsp3) is 0.550. The van der Waals surface area contributed by atoms with Crippen LogP contribution in [0.2, 0.25) is 0 Å². The van der Waals surface area contributed by atoms with Crippen molar-refractivity contribution in [3.05, 3.63) is 29.8 Å².